The second kappa shape index (κ2) is 12.4. The fourth-order valence-electron chi connectivity index (χ4n) is 3.53. The molecule has 3 rings (SSSR count). The van der Waals surface area contributed by atoms with Crippen LogP contribution in [-0.4, -0.2) is 61.5 Å². The van der Waals surface area contributed by atoms with Gasteiger partial charge in [0.2, 0.25) is 5.91 Å². The number of nitrogens with zero attached hydrogens (tertiary/aromatic N) is 1. The first-order valence-corrected chi connectivity index (χ1v) is 11.4. The Bertz CT molecular complexity index is 1060. The standard InChI is InChI=1S/C25H29N3O7/c1-2-33-21-14-18(8-11-20(21)34-16-23(30)28-12-4-3-5-13-28)25(32)35-15-22(29)27-19-9-6-17(7-10-19)24(26)31/h6-11,14H,2-5,12-13,15-16H2,1H3,(H2,26,31)(H,27,29). The number of likely N-dealkylation sites (tertiary alicyclic amines) is 1. The molecule has 35 heavy (non-hydrogen) atoms. The quantitative estimate of drug-likeness (QED) is 0.495. The van der Waals surface area contributed by atoms with Gasteiger partial charge in [-0.2, -0.15) is 0 Å². The third-order valence-corrected chi connectivity index (χ3v) is 5.33. The van der Waals surface area contributed by atoms with Gasteiger partial charge < -0.3 is 30.2 Å². The van der Waals surface area contributed by atoms with E-state index in [1.54, 1.807) is 11.8 Å². The van der Waals surface area contributed by atoms with E-state index in [9.17, 15) is 19.2 Å². The zero-order valence-electron chi connectivity index (χ0n) is 19.6. The average Bonchev–Trinajstić information content (AvgIpc) is 2.87. The van der Waals surface area contributed by atoms with Crippen molar-refractivity contribution >= 4 is 29.4 Å². The van der Waals surface area contributed by atoms with Gasteiger partial charge in [0.15, 0.2) is 24.7 Å². The van der Waals surface area contributed by atoms with Crippen LogP contribution in [0.15, 0.2) is 42.5 Å². The van der Waals surface area contributed by atoms with Crippen LogP contribution < -0.4 is 20.5 Å². The van der Waals surface area contributed by atoms with Crippen molar-refractivity contribution in [3.63, 3.8) is 0 Å². The highest BCUT2D eigenvalue weighted by atomic mass is 16.5. The normalized spacial score (nSPS) is 13.0. The summed E-state index contributed by atoms with van der Waals surface area (Å²) < 4.78 is 16.3. The molecule has 0 unspecified atom stereocenters. The van der Waals surface area contributed by atoms with Crippen molar-refractivity contribution in [2.24, 2.45) is 5.73 Å². The number of carbonyl (C=O) groups excluding carboxylic acids is 4. The van der Waals surface area contributed by atoms with E-state index in [1.165, 1.54) is 42.5 Å². The highest BCUT2D eigenvalue weighted by Crippen LogP contribution is 2.29. The predicted molar refractivity (Wildman–Crippen MR) is 127 cm³/mol. The molecule has 0 saturated carbocycles. The van der Waals surface area contributed by atoms with Crippen molar-refractivity contribution in [1.82, 2.24) is 4.90 Å². The number of benzene rings is 2. The zero-order valence-corrected chi connectivity index (χ0v) is 19.6. The van der Waals surface area contributed by atoms with E-state index < -0.39 is 24.4 Å². The highest BCUT2D eigenvalue weighted by molar-refractivity contribution is 5.97. The van der Waals surface area contributed by atoms with Gasteiger partial charge in [-0.05, 0) is 68.7 Å². The number of carbonyl (C=O) groups is 4. The molecule has 1 aliphatic rings. The first kappa shape index (κ1) is 25.5. The van der Waals surface area contributed by atoms with Gasteiger partial charge in [-0.25, -0.2) is 4.79 Å². The van der Waals surface area contributed by atoms with Crippen LogP contribution in [0.5, 0.6) is 11.5 Å². The van der Waals surface area contributed by atoms with Gasteiger partial charge in [0.05, 0.1) is 12.2 Å². The lowest BCUT2D eigenvalue weighted by Gasteiger charge is -2.26. The van der Waals surface area contributed by atoms with Crippen molar-refractivity contribution in [2.45, 2.75) is 26.2 Å². The molecule has 10 nitrogen and oxygen atoms in total. The van der Waals surface area contributed by atoms with E-state index in [1.807, 2.05) is 0 Å². The number of esters is 1. The third kappa shape index (κ3) is 7.46. The first-order chi connectivity index (χ1) is 16.9. The lowest BCUT2D eigenvalue weighted by atomic mass is 10.1. The van der Waals surface area contributed by atoms with E-state index >= 15 is 0 Å². The van der Waals surface area contributed by atoms with Crippen LogP contribution in [0.4, 0.5) is 5.69 Å². The fourth-order valence-corrected chi connectivity index (χ4v) is 3.53. The molecule has 3 N–H and O–H groups in total. The van der Waals surface area contributed by atoms with Gasteiger partial charge >= 0.3 is 5.97 Å². The molecule has 2 aromatic carbocycles. The summed E-state index contributed by atoms with van der Waals surface area (Å²) in [5, 5.41) is 2.56. The molecule has 0 bridgehead atoms. The second-order valence-electron chi connectivity index (χ2n) is 7.89. The van der Waals surface area contributed by atoms with Gasteiger partial charge in [-0.15, -0.1) is 0 Å². The Morgan fingerprint density at radius 3 is 2.23 bits per heavy atom. The maximum Gasteiger partial charge on any atom is 0.338 e. The minimum absolute atomic E-state index is 0.0917. The second-order valence-corrected chi connectivity index (χ2v) is 7.89. The number of amides is 3. The number of hydrogen-bond donors (Lipinski definition) is 2. The molecule has 186 valence electrons. The summed E-state index contributed by atoms with van der Waals surface area (Å²) in [6, 6.07) is 10.4. The monoisotopic (exact) mass is 483 g/mol. The van der Waals surface area contributed by atoms with Gasteiger partial charge in [-0.3, -0.25) is 14.4 Å². The molecule has 1 aliphatic heterocycles. The number of nitrogens with two attached hydrogens (primary N) is 1. The Morgan fingerprint density at radius 2 is 1.57 bits per heavy atom. The summed E-state index contributed by atoms with van der Waals surface area (Å²) in [5.74, 6) is -1.30. The largest absolute Gasteiger partial charge is 0.490 e. The molecular weight excluding hydrogens is 454 g/mol. The van der Waals surface area contributed by atoms with Crippen molar-refractivity contribution in [3.8, 4) is 11.5 Å². The summed E-state index contributed by atoms with van der Waals surface area (Å²) in [6.07, 6.45) is 3.11. The Morgan fingerprint density at radius 1 is 0.886 bits per heavy atom. The number of nitrogens with one attached hydrogen (secondary N) is 1. The maximum atomic E-state index is 12.5. The maximum absolute atomic E-state index is 12.5. The molecular formula is C25H29N3O7. The van der Waals surface area contributed by atoms with Crippen molar-refractivity contribution in [1.29, 1.82) is 0 Å². The summed E-state index contributed by atoms with van der Waals surface area (Å²) >= 11 is 0. The molecule has 0 aromatic heterocycles. The van der Waals surface area contributed by atoms with Crippen molar-refractivity contribution in [2.75, 3.05) is 38.2 Å². The molecule has 1 heterocycles. The van der Waals surface area contributed by atoms with E-state index in [-0.39, 0.29) is 18.1 Å². The molecule has 0 aliphatic carbocycles. The van der Waals surface area contributed by atoms with E-state index in [2.05, 4.69) is 5.32 Å². The Hall–Kier alpha value is -4.08. The van der Waals surface area contributed by atoms with Crippen LogP contribution >= 0.6 is 0 Å². The Labute approximate surface area is 203 Å². The summed E-state index contributed by atoms with van der Waals surface area (Å²) in [4.78, 5) is 49.8. The number of hydrogen-bond acceptors (Lipinski definition) is 7. The molecule has 2 aromatic rings. The Balaban J connectivity index is 1.54. The van der Waals surface area contributed by atoms with Gasteiger partial charge in [0.1, 0.15) is 0 Å². The number of anilines is 1. The van der Waals surface area contributed by atoms with Gasteiger partial charge in [-0.1, -0.05) is 0 Å². The molecule has 1 fully saturated rings. The van der Waals surface area contributed by atoms with E-state index in [0.29, 0.717) is 29.4 Å². The van der Waals surface area contributed by atoms with Crippen LogP contribution in [0.1, 0.15) is 46.9 Å². The molecule has 0 radical (unpaired) electrons. The van der Waals surface area contributed by atoms with Crippen LogP contribution in [-0.2, 0) is 14.3 Å². The van der Waals surface area contributed by atoms with Crippen LogP contribution in [0.3, 0.4) is 0 Å². The fraction of sp³-hybridized carbons (Fsp3) is 0.360. The highest BCUT2D eigenvalue weighted by Gasteiger charge is 2.19. The SMILES string of the molecule is CCOc1cc(C(=O)OCC(=O)Nc2ccc(C(N)=O)cc2)ccc1OCC(=O)N1CCCCC1. The average molecular weight is 484 g/mol. The summed E-state index contributed by atoms with van der Waals surface area (Å²) in [6.45, 7) is 2.95. The van der Waals surface area contributed by atoms with E-state index in [4.69, 9.17) is 19.9 Å². The minimum atomic E-state index is -0.721. The summed E-state index contributed by atoms with van der Waals surface area (Å²) in [5.41, 5.74) is 6.09. The number of ether oxygens (including phenoxy) is 3. The molecule has 1 saturated heterocycles. The third-order valence-electron chi connectivity index (χ3n) is 5.33. The minimum Gasteiger partial charge on any atom is -0.490 e. The van der Waals surface area contributed by atoms with Crippen molar-refractivity contribution < 1.29 is 33.4 Å². The van der Waals surface area contributed by atoms with Gasteiger partial charge in [0.25, 0.3) is 11.8 Å². The lowest BCUT2D eigenvalue weighted by molar-refractivity contribution is -0.134. The van der Waals surface area contributed by atoms with Crippen molar-refractivity contribution in [3.05, 3.63) is 53.6 Å². The summed E-state index contributed by atoms with van der Waals surface area (Å²) in [7, 11) is 0. The molecule has 0 atom stereocenters. The predicted octanol–water partition coefficient (Wildman–Crippen LogP) is 2.37. The molecule has 0 spiro atoms. The topological polar surface area (TPSA) is 137 Å². The lowest BCUT2D eigenvalue weighted by Crippen LogP contribution is -2.38. The van der Waals surface area contributed by atoms with Crippen LogP contribution in [0, 0.1) is 0 Å². The van der Waals surface area contributed by atoms with Gasteiger partial charge in [0, 0.05) is 24.3 Å². The smallest absolute Gasteiger partial charge is 0.338 e. The number of rotatable bonds is 10. The van der Waals surface area contributed by atoms with Crippen LogP contribution in [0.2, 0.25) is 0 Å². The number of piperidine rings is 1. The zero-order chi connectivity index (χ0) is 25.2. The molecule has 10 heteroatoms. The first-order valence-electron chi connectivity index (χ1n) is 11.4. The molecule has 3 amide bonds. The van der Waals surface area contributed by atoms with Crippen LogP contribution in [0.25, 0.3) is 0 Å². The Kier molecular flexibility index (Phi) is 9.05. The number of primary amides is 1. The van der Waals surface area contributed by atoms with E-state index in [0.717, 1.165) is 32.4 Å².